The van der Waals surface area contributed by atoms with Crippen LogP contribution < -0.4 is 4.90 Å². The van der Waals surface area contributed by atoms with Gasteiger partial charge >= 0.3 is 0 Å². The molecular weight excluding hydrogens is 346 g/mol. The summed E-state index contributed by atoms with van der Waals surface area (Å²) in [5, 5.41) is 1.21. The number of nitrogens with zero attached hydrogens (tertiary/aromatic N) is 1. The Labute approximate surface area is 155 Å². The number of rotatable bonds is 3. The summed E-state index contributed by atoms with van der Waals surface area (Å²) in [7, 11) is -3.28. The molecule has 26 heavy (non-hydrogen) atoms. The summed E-state index contributed by atoms with van der Waals surface area (Å²) in [4.78, 5) is 15.0. The van der Waals surface area contributed by atoms with Gasteiger partial charge in [0.1, 0.15) is 0 Å². The van der Waals surface area contributed by atoms with Gasteiger partial charge in [-0.05, 0) is 69.2 Å². The van der Waals surface area contributed by atoms with E-state index in [4.69, 9.17) is 0 Å². The third-order valence-electron chi connectivity index (χ3n) is 4.41. The number of benzene rings is 2. The maximum Gasteiger partial charge on any atom is 0.258 e. The van der Waals surface area contributed by atoms with Crippen molar-refractivity contribution in [3.63, 3.8) is 0 Å². The third kappa shape index (κ3) is 3.88. The first-order valence-corrected chi connectivity index (χ1v) is 10.3. The fourth-order valence-corrected chi connectivity index (χ4v) is 4.77. The van der Waals surface area contributed by atoms with Crippen LogP contribution in [0.5, 0.6) is 0 Å². The second-order valence-electron chi connectivity index (χ2n) is 7.12. The van der Waals surface area contributed by atoms with Crippen molar-refractivity contribution in [2.24, 2.45) is 0 Å². The van der Waals surface area contributed by atoms with Crippen LogP contribution in [0.3, 0.4) is 0 Å². The lowest BCUT2D eigenvalue weighted by Gasteiger charge is -2.28. The molecule has 0 aliphatic carbocycles. The van der Waals surface area contributed by atoms with Gasteiger partial charge in [0, 0.05) is 16.7 Å². The van der Waals surface area contributed by atoms with E-state index in [2.05, 4.69) is 0 Å². The standard InChI is InChI=1S/C21H23NO3S/c1-14-7-15(2)10-18(9-14)21(23)22(19-5-6-26(24,25)13-19)20-11-16(3)8-17(4)12-20/h5-12,19H,13H2,1-4H3/t19-/m1/s1. The van der Waals surface area contributed by atoms with Crippen molar-refractivity contribution in [2.75, 3.05) is 10.7 Å². The van der Waals surface area contributed by atoms with Crippen LogP contribution in [0.2, 0.25) is 0 Å². The van der Waals surface area contributed by atoms with Gasteiger partial charge in [-0.15, -0.1) is 0 Å². The van der Waals surface area contributed by atoms with Crippen LogP contribution in [0.15, 0.2) is 47.9 Å². The van der Waals surface area contributed by atoms with Gasteiger partial charge in [-0.3, -0.25) is 4.79 Å². The predicted octanol–water partition coefficient (Wildman–Crippen LogP) is 3.88. The molecule has 0 spiro atoms. The van der Waals surface area contributed by atoms with Gasteiger partial charge < -0.3 is 4.90 Å². The Balaban J connectivity index is 2.11. The van der Waals surface area contributed by atoms with E-state index in [0.717, 1.165) is 27.9 Å². The molecule has 1 aliphatic heterocycles. The minimum atomic E-state index is -3.28. The topological polar surface area (TPSA) is 54.5 Å². The normalized spacial score (nSPS) is 18.1. The second kappa shape index (κ2) is 6.72. The Bertz CT molecular complexity index is 965. The summed E-state index contributed by atoms with van der Waals surface area (Å²) in [6.07, 6.45) is 1.60. The van der Waals surface area contributed by atoms with Crippen LogP contribution in [-0.4, -0.2) is 26.1 Å². The molecule has 2 aromatic carbocycles. The molecule has 0 N–H and O–H groups in total. The van der Waals surface area contributed by atoms with Gasteiger partial charge in [-0.25, -0.2) is 8.42 Å². The van der Waals surface area contributed by atoms with E-state index < -0.39 is 15.9 Å². The largest absolute Gasteiger partial charge is 0.300 e. The Hall–Kier alpha value is -2.40. The molecule has 0 aromatic heterocycles. The van der Waals surface area contributed by atoms with Gasteiger partial charge in [-0.1, -0.05) is 23.3 Å². The van der Waals surface area contributed by atoms with E-state index in [-0.39, 0.29) is 11.7 Å². The molecule has 0 unspecified atom stereocenters. The Morgan fingerprint density at radius 2 is 1.38 bits per heavy atom. The van der Waals surface area contributed by atoms with Crippen molar-refractivity contribution in [3.05, 3.63) is 75.7 Å². The van der Waals surface area contributed by atoms with Crippen LogP contribution in [0.1, 0.15) is 32.6 Å². The molecule has 1 heterocycles. The molecule has 4 nitrogen and oxygen atoms in total. The summed E-state index contributed by atoms with van der Waals surface area (Å²) in [5.74, 6) is -0.273. The second-order valence-corrected chi connectivity index (χ2v) is 9.05. The van der Waals surface area contributed by atoms with Crippen molar-refractivity contribution in [1.82, 2.24) is 0 Å². The molecule has 1 amide bonds. The molecule has 1 atom stereocenters. The molecule has 5 heteroatoms. The van der Waals surface area contributed by atoms with Gasteiger partial charge in [0.15, 0.2) is 9.84 Å². The van der Waals surface area contributed by atoms with E-state index in [1.54, 1.807) is 11.0 Å². The van der Waals surface area contributed by atoms with Gasteiger partial charge in [-0.2, -0.15) is 0 Å². The van der Waals surface area contributed by atoms with Crippen molar-refractivity contribution >= 4 is 21.4 Å². The van der Waals surface area contributed by atoms with Crippen LogP contribution in [0.25, 0.3) is 0 Å². The van der Waals surface area contributed by atoms with Gasteiger partial charge in [0.25, 0.3) is 5.91 Å². The number of hydrogen-bond donors (Lipinski definition) is 0. The molecular formula is C21H23NO3S. The number of sulfone groups is 1. The number of aryl methyl sites for hydroxylation is 4. The first kappa shape index (κ1) is 18.4. The summed E-state index contributed by atoms with van der Waals surface area (Å²) in [6, 6.07) is 11.1. The maximum atomic E-state index is 13.4. The third-order valence-corrected chi connectivity index (χ3v) is 5.79. The SMILES string of the molecule is Cc1cc(C)cc(C(=O)N(c2cc(C)cc(C)c2)[C@@H]2C=CS(=O)(=O)C2)c1. The minimum Gasteiger partial charge on any atom is -0.300 e. The fourth-order valence-electron chi connectivity index (χ4n) is 3.51. The molecule has 0 radical (unpaired) electrons. The van der Waals surface area contributed by atoms with E-state index >= 15 is 0 Å². The molecule has 1 aliphatic rings. The number of anilines is 1. The lowest BCUT2D eigenvalue weighted by Crippen LogP contribution is -2.41. The van der Waals surface area contributed by atoms with Crippen molar-refractivity contribution in [1.29, 1.82) is 0 Å². The van der Waals surface area contributed by atoms with Crippen LogP contribution >= 0.6 is 0 Å². The monoisotopic (exact) mass is 369 g/mol. The Morgan fingerprint density at radius 1 is 0.885 bits per heavy atom. The number of hydrogen-bond acceptors (Lipinski definition) is 3. The molecule has 136 valence electrons. The maximum absolute atomic E-state index is 13.4. The molecule has 0 saturated carbocycles. The van der Waals surface area contributed by atoms with Crippen LogP contribution in [0.4, 0.5) is 5.69 Å². The predicted molar refractivity (Wildman–Crippen MR) is 105 cm³/mol. The quantitative estimate of drug-likeness (QED) is 0.825. The van der Waals surface area contributed by atoms with Gasteiger partial charge in [0.05, 0.1) is 11.8 Å². The zero-order valence-corrected chi connectivity index (χ0v) is 16.3. The zero-order chi connectivity index (χ0) is 19.1. The summed E-state index contributed by atoms with van der Waals surface area (Å²) >= 11 is 0. The van der Waals surface area contributed by atoms with E-state index in [1.165, 1.54) is 5.41 Å². The molecule has 0 saturated heterocycles. The highest BCUT2D eigenvalue weighted by Gasteiger charge is 2.32. The van der Waals surface area contributed by atoms with Crippen molar-refractivity contribution in [2.45, 2.75) is 33.7 Å². The summed E-state index contributed by atoms with van der Waals surface area (Å²) in [6.45, 7) is 7.84. The molecule has 2 aromatic rings. The number of carbonyl (C=O) groups excluding carboxylic acids is 1. The summed E-state index contributed by atoms with van der Waals surface area (Å²) < 4.78 is 23.9. The lowest BCUT2D eigenvalue weighted by atomic mass is 10.0. The van der Waals surface area contributed by atoms with E-state index in [0.29, 0.717) is 5.56 Å². The number of carbonyl (C=O) groups is 1. The highest BCUT2D eigenvalue weighted by molar-refractivity contribution is 7.94. The van der Waals surface area contributed by atoms with Crippen molar-refractivity contribution < 1.29 is 13.2 Å². The fraction of sp³-hybridized carbons (Fsp3) is 0.286. The summed E-state index contributed by atoms with van der Waals surface area (Å²) in [5.41, 5.74) is 5.36. The lowest BCUT2D eigenvalue weighted by molar-refractivity contribution is 0.0983. The zero-order valence-electron chi connectivity index (χ0n) is 15.5. The average Bonchev–Trinajstić information content (AvgIpc) is 2.85. The smallest absolute Gasteiger partial charge is 0.258 e. The van der Waals surface area contributed by atoms with Crippen LogP contribution in [-0.2, 0) is 9.84 Å². The van der Waals surface area contributed by atoms with Gasteiger partial charge in [0.2, 0.25) is 0 Å². The van der Waals surface area contributed by atoms with Crippen LogP contribution in [0, 0.1) is 27.7 Å². The first-order valence-electron chi connectivity index (χ1n) is 8.56. The number of amides is 1. The van der Waals surface area contributed by atoms with Crippen molar-refractivity contribution in [3.8, 4) is 0 Å². The minimum absolute atomic E-state index is 0.0868. The first-order chi connectivity index (χ1) is 12.1. The average molecular weight is 369 g/mol. The Morgan fingerprint density at radius 3 is 1.85 bits per heavy atom. The highest BCUT2D eigenvalue weighted by Crippen LogP contribution is 2.27. The van der Waals surface area contributed by atoms with E-state index in [1.807, 2.05) is 64.1 Å². The molecule has 0 bridgehead atoms. The molecule has 0 fully saturated rings. The Kier molecular flexibility index (Phi) is 4.76. The van der Waals surface area contributed by atoms with E-state index in [9.17, 15) is 13.2 Å². The highest BCUT2D eigenvalue weighted by atomic mass is 32.2. The molecule has 3 rings (SSSR count).